The lowest BCUT2D eigenvalue weighted by atomic mass is 10.1. The van der Waals surface area contributed by atoms with Crippen LogP contribution in [0.25, 0.3) is 0 Å². The smallest absolute Gasteiger partial charge is 0.245 e. The third-order valence-corrected chi connectivity index (χ3v) is 5.37. The van der Waals surface area contributed by atoms with E-state index in [1.807, 2.05) is 0 Å². The van der Waals surface area contributed by atoms with Gasteiger partial charge in [0.1, 0.15) is 17.7 Å². The normalized spacial score (nSPS) is 26.3. The third kappa shape index (κ3) is 3.06. The topological polar surface area (TPSA) is 40.6 Å². The summed E-state index contributed by atoms with van der Waals surface area (Å²) < 4.78 is 26.8. The van der Waals surface area contributed by atoms with Gasteiger partial charge in [-0.05, 0) is 24.0 Å². The number of hydrogen-bond acceptors (Lipinski definition) is 3. The second kappa shape index (κ2) is 6.11. The Morgan fingerprint density at radius 1 is 1.30 bits per heavy atom. The van der Waals surface area contributed by atoms with Crippen molar-refractivity contribution in [3.8, 4) is 0 Å². The number of halogens is 2. The molecule has 1 aliphatic carbocycles. The Hall–Kier alpha value is -1.63. The van der Waals surface area contributed by atoms with E-state index in [9.17, 15) is 18.4 Å². The molecule has 0 bridgehead atoms. The van der Waals surface area contributed by atoms with Crippen molar-refractivity contribution in [2.75, 3.05) is 25.7 Å². The first-order valence-corrected chi connectivity index (χ1v) is 8.60. The molecule has 7 heteroatoms. The molecule has 1 aromatic carbocycles. The largest absolute Gasteiger partial charge is 0.347 e. The Morgan fingerprint density at radius 2 is 2.04 bits per heavy atom. The number of carbonyl (C=O) groups is 2. The van der Waals surface area contributed by atoms with Crippen LogP contribution in [0.5, 0.6) is 0 Å². The molecule has 1 aromatic rings. The second-order valence-electron chi connectivity index (χ2n) is 6.17. The Morgan fingerprint density at radius 3 is 2.70 bits per heavy atom. The highest BCUT2D eigenvalue weighted by atomic mass is 32.2. The molecule has 4 nitrogen and oxygen atoms in total. The van der Waals surface area contributed by atoms with Crippen molar-refractivity contribution in [3.63, 3.8) is 0 Å². The number of likely N-dealkylation sites (N-methyl/N-ethyl adjacent to an activating group) is 1. The minimum absolute atomic E-state index is 0.0893. The van der Waals surface area contributed by atoms with Crippen LogP contribution in [-0.2, 0) is 9.59 Å². The molecular weight excluding hydrogens is 322 g/mol. The number of thioether (sulfide) groups is 1. The standard InChI is InChI=1S/C16H18F2N2O2S/c1-19(2)16(22)14-7-23-8-20(14)15(21)12-6-11(12)10-4-3-9(17)5-13(10)18/h3-5,11-12,14H,6-8H2,1-2H3/t11-,12+,14-/m0/s1. The molecule has 0 unspecified atom stereocenters. The average molecular weight is 340 g/mol. The van der Waals surface area contributed by atoms with Crippen LogP contribution in [0.15, 0.2) is 18.2 Å². The Balaban J connectivity index is 1.71. The zero-order chi connectivity index (χ0) is 16.7. The number of rotatable bonds is 3. The van der Waals surface area contributed by atoms with Crippen molar-refractivity contribution >= 4 is 23.6 Å². The first-order chi connectivity index (χ1) is 10.9. The highest BCUT2D eigenvalue weighted by Gasteiger charge is 2.49. The van der Waals surface area contributed by atoms with Crippen LogP contribution in [0.3, 0.4) is 0 Å². The molecule has 1 heterocycles. The van der Waals surface area contributed by atoms with Crippen molar-refractivity contribution in [1.82, 2.24) is 9.80 Å². The molecule has 1 saturated heterocycles. The maximum absolute atomic E-state index is 13.8. The van der Waals surface area contributed by atoms with Crippen molar-refractivity contribution in [2.45, 2.75) is 18.4 Å². The Labute approximate surface area is 137 Å². The highest BCUT2D eigenvalue weighted by Crippen LogP contribution is 2.50. The molecule has 0 aromatic heterocycles. The van der Waals surface area contributed by atoms with Gasteiger partial charge < -0.3 is 9.80 Å². The molecule has 1 saturated carbocycles. The molecule has 124 valence electrons. The molecule has 0 N–H and O–H groups in total. The van der Waals surface area contributed by atoms with E-state index in [-0.39, 0.29) is 23.7 Å². The summed E-state index contributed by atoms with van der Waals surface area (Å²) in [6.45, 7) is 0. The first kappa shape index (κ1) is 16.2. The first-order valence-electron chi connectivity index (χ1n) is 7.44. The number of benzene rings is 1. The van der Waals surface area contributed by atoms with Crippen molar-refractivity contribution in [2.24, 2.45) is 5.92 Å². The second-order valence-corrected chi connectivity index (χ2v) is 7.17. The fourth-order valence-corrected chi connectivity index (χ4v) is 4.14. The molecule has 3 atom stereocenters. The fourth-order valence-electron chi connectivity index (χ4n) is 2.99. The molecular formula is C16H18F2N2O2S. The van der Waals surface area contributed by atoms with Crippen molar-refractivity contribution in [3.05, 3.63) is 35.4 Å². The number of carbonyl (C=O) groups excluding carboxylic acids is 2. The maximum atomic E-state index is 13.8. The van der Waals surface area contributed by atoms with Gasteiger partial charge in [-0.2, -0.15) is 0 Å². The zero-order valence-corrected chi connectivity index (χ0v) is 13.8. The van der Waals surface area contributed by atoms with E-state index in [1.165, 1.54) is 17.0 Å². The minimum Gasteiger partial charge on any atom is -0.347 e. The van der Waals surface area contributed by atoms with Gasteiger partial charge in [0.25, 0.3) is 0 Å². The molecule has 23 heavy (non-hydrogen) atoms. The molecule has 0 radical (unpaired) electrons. The van der Waals surface area contributed by atoms with E-state index < -0.39 is 17.7 Å². The molecule has 3 rings (SSSR count). The van der Waals surface area contributed by atoms with Crippen LogP contribution < -0.4 is 0 Å². The predicted molar refractivity (Wildman–Crippen MR) is 83.9 cm³/mol. The minimum atomic E-state index is -0.623. The lowest BCUT2D eigenvalue weighted by Crippen LogP contribution is -2.47. The molecule has 1 aliphatic heterocycles. The lowest BCUT2D eigenvalue weighted by Gasteiger charge is -2.25. The number of hydrogen-bond donors (Lipinski definition) is 0. The quantitative estimate of drug-likeness (QED) is 0.846. The van der Waals surface area contributed by atoms with Crippen LogP contribution in [0.4, 0.5) is 8.78 Å². The van der Waals surface area contributed by atoms with Gasteiger partial charge in [0, 0.05) is 31.8 Å². The summed E-state index contributed by atoms with van der Waals surface area (Å²) >= 11 is 1.55. The zero-order valence-electron chi connectivity index (χ0n) is 13.0. The van der Waals surface area contributed by atoms with Crippen LogP contribution in [0, 0.1) is 17.6 Å². The van der Waals surface area contributed by atoms with E-state index in [0.717, 1.165) is 6.07 Å². The molecule has 2 amide bonds. The van der Waals surface area contributed by atoms with Gasteiger partial charge in [0.05, 0.1) is 5.88 Å². The van der Waals surface area contributed by atoms with E-state index in [0.29, 0.717) is 23.6 Å². The van der Waals surface area contributed by atoms with Crippen molar-refractivity contribution in [1.29, 1.82) is 0 Å². The molecule has 2 aliphatic rings. The van der Waals surface area contributed by atoms with Gasteiger partial charge >= 0.3 is 0 Å². The highest BCUT2D eigenvalue weighted by molar-refractivity contribution is 7.99. The summed E-state index contributed by atoms with van der Waals surface area (Å²) in [4.78, 5) is 27.9. The van der Waals surface area contributed by atoms with Gasteiger partial charge in [-0.1, -0.05) is 6.07 Å². The Kier molecular flexibility index (Phi) is 4.31. The fraction of sp³-hybridized carbons (Fsp3) is 0.500. The van der Waals surface area contributed by atoms with Gasteiger partial charge in [-0.15, -0.1) is 11.8 Å². The van der Waals surface area contributed by atoms with Gasteiger partial charge in [-0.3, -0.25) is 9.59 Å². The predicted octanol–water partition coefficient (Wildman–Crippen LogP) is 2.06. The van der Waals surface area contributed by atoms with Gasteiger partial charge in [0.15, 0.2) is 0 Å². The van der Waals surface area contributed by atoms with Gasteiger partial charge in [0.2, 0.25) is 11.8 Å². The summed E-state index contributed by atoms with van der Waals surface area (Å²) in [7, 11) is 3.34. The lowest BCUT2D eigenvalue weighted by molar-refractivity contribution is -0.142. The molecule has 0 spiro atoms. The molecule has 2 fully saturated rings. The summed E-state index contributed by atoms with van der Waals surface area (Å²) in [5, 5.41) is 0. The van der Waals surface area contributed by atoms with E-state index in [4.69, 9.17) is 0 Å². The van der Waals surface area contributed by atoms with Crippen LogP contribution >= 0.6 is 11.8 Å². The number of amides is 2. The maximum Gasteiger partial charge on any atom is 0.245 e. The van der Waals surface area contributed by atoms with E-state index in [2.05, 4.69) is 0 Å². The van der Waals surface area contributed by atoms with Crippen LogP contribution in [-0.4, -0.2) is 53.4 Å². The van der Waals surface area contributed by atoms with Crippen LogP contribution in [0.2, 0.25) is 0 Å². The Bertz CT molecular complexity index is 653. The van der Waals surface area contributed by atoms with Crippen molar-refractivity contribution < 1.29 is 18.4 Å². The SMILES string of the molecule is CN(C)C(=O)[C@@H]1CSCN1C(=O)[C@@H]1C[C@H]1c1ccc(F)cc1F. The van der Waals surface area contributed by atoms with E-state index >= 15 is 0 Å². The summed E-state index contributed by atoms with van der Waals surface area (Å²) in [5.41, 5.74) is 0.382. The van der Waals surface area contributed by atoms with Crippen LogP contribution in [0.1, 0.15) is 17.9 Å². The monoisotopic (exact) mass is 340 g/mol. The average Bonchev–Trinajstić information content (AvgIpc) is 3.12. The number of nitrogens with zero attached hydrogens (tertiary/aromatic N) is 2. The summed E-state index contributed by atoms with van der Waals surface area (Å²) in [6, 6.07) is 3.02. The van der Waals surface area contributed by atoms with E-state index in [1.54, 1.807) is 30.8 Å². The summed E-state index contributed by atoms with van der Waals surface area (Å²) in [5.74, 6) is -0.889. The van der Waals surface area contributed by atoms with Gasteiger partial charge in [-0.25, -0.2) is 8.78 Å². The summed E-state index contributed by atoms with van der Waals surface area (Å²) in [6.07, 6.45) is 0.547. The third-order valence-electron chi connectivity index (χ3n) is 4.36.